The highest BCUT2D eigenvalue weighted by Crippen LogP contribution is 2.26. The number of ether oxygens (including phenoxy) is 1. The molecular weight excluding hydrogens is 347 g/mol. The van der Waals surface area contributed by atoms with Gasteiger partial charge in [-0.1, -0.05) is 23.7 Å². The zero-order valence-electron chi connectivity index (χ0n) is 10.6. The lowest BCUT2D eigenvalue weighted by atomic mass is 10.0. The summed E-state index contributed by atoms with van der Waals surface area (Å²) in [6.45, 7) is 0. The van der Waals surface area contributed by atoms with Crippen LogP contribution in [0, 0.1) is 5.82 Å². The molecule has 0 aliphatic rings. The van der Waals surface area contributed by atoms with Crippen molar-refractivity contribution in [1.29, 1.82) is 0 Å². The monoisotopic (exact) mass is 356 g/mol. The van der Waals surface area contributed by atoms with Gasteiger partial charge in [-0.25, -0.2) is 4.39 Å². The van der Waals surface area contributed by atoms with E-state index in [1.54, 1.807) is 31.4 Å². The number of halogens is 3. The van der Waals surface area contributed by atoms with Crippen molar-refractivity contribution in [3.63, 3.8) is 0 Å². The van der Waals surface area contributed by atoms with Gasteiger partial charge in [-0.2, -0.15) is 0 Å². The van der Waals surface area contributed by atoms with E-state index in [2.05, 4.69) is 15.9 Å². The zero-order valence-corrected chi connectivity index (χ0v) is 13.0. The Kier molecular flexibility index (Phi) is 4.78. The molecule has 5 heteroatoms. The second-order valence-corrected chi connectivity index (χ2v) is 5.46. The van der Waals surface area contributed by atoms with Gasteiger partial charge in [0.05, 0.1) is 17.7 Å². The molecule has 0 radical (unpaired) electrons. The Balaban J connectivity index is 2.26. The molecule has 0 aliphatic heterocycles. The fourth-order valence-electron chi connectivity index (χ4n) is 1.80. The molecule has 2 nitrogen and oxygen atoms in total. The van der Waals surface area contributed by atoms with Crippen LogP contribution in [-0.2, 0) is 6.42 Å². The average molecular weight is 358 g/mol. The van der Waals surface area contributed by atoms with Gasteiger partial charge in [-0.15, -0.1) is 0 Å². The summed E-state index contributed by atoms with van der Waals surface area (Å²) in [5.74, 6) is -0.260. The lowest BCUT2D eigenvalue weighted by molar-refractivity contribution is 0.0989. The van der Waals surface area contributed by atoms with Crippen molar-refractivity contribution in [2.24, 2.45) is 0 Å². The van der Waals surface area contributed by atoms with Crippen molar-refractivity contribution in [1.82, 2.24) is 0 Å². The molecule has 0 fully saturated rings. The predicted octanol–water partition coefficient (Wildman–Crippen LogP) is 4.68. The van der Waals surface area contributed by atoms with E-state index in [-0.39, 0.29) is 17.8 Å². The first-order chi connectivity index (χ1) is 9.51. The first-order valence-corrected chi connectivity index (χ1v) is 6.99. The van der Waals surface area contributed by atoms with E-state index in [1.807, 2.05) is 0 Å². The number of ketones is 1. The fourth-order valence-corrected chi connectivity index (χ4v) is 2.28. The number of carbonyl (C=O) groups is 1. The van der Waals surface area contributed by atoms with Crippen LogP contribution in [-0.4, -0.2) is 12.9 Å². The minimum absolute atomic E-state index is 0.0129. The summed E-state index contributed by atoms with van der Waals surface area (Å²) in [4.78, 5) is 12.1. The molecule has 0 N–H and O–H groups in total. The summed E-state index contributed by atoms with van der Waals surface area (Å²) in [6.07, 6.45) is 0.0894. The first-order valence-electron chi connectivity index (χ1n) is 5.82. The molecule has 0 saturated carbocycles. The second kappa shape index (κ2) is 6.37. The maximum atomic E-state index is 13.8. The second-order valence-electron chi connectivity index (χ2n) is 4.20. The predicted molar refractivity (Wildman–Crippen MR) is 80.1 cm³/mol. The van der Waals surface area contributed by atoms with Crippen LogP contribution in [0.3, 0.4) is 0 Å². The SMILES string of the molecule is COc1cccc(CC(=O)c2cc(Cl)c(Br)cc2F)c1. The van der Waals surface area contributed by atoms with E-state index in [1.165, 1.54) is 12.1 Å². The van der Waals surface area contributed by atoms with Crippen LogP contribution in [0.25, 0.3) is 0 Å². The summed E-state index contributed by atoms with van der Waals surface area (Å²) >= 11 is 9.01. The summed E-state index contributed by atoms with van der Waals surface area (Å²) in [5, 5.41) is 0.306. The highest BCUT2D eigenvalue weighted by Gasteiger charge is 2.15. The third-order valence-corrected chi connectivity index (χ3v) is 4.01. The molecule has 2 rings (SSSR count). The highest BCUT2D eigenvalue weighted by atomic mass is 79.9. The number of methoxy groups -OCH3 is 1. The Labute approximate surface area is 129 Å². The Morgan fingerprint density at radius 1 is 1.35 bits per heavy atom. The van der Waals surface area contributed by atoms with Crippen molar-refractivity contribution in [3.05, 3.63) is 62.8 Å². The molecule has 0 aromatic heterocycles. The van der Waals surface area contributed by atoms with Crippen molar-refractivity contribution in [2.45, 2.75) is 6.42 Å². The van der Waals surface area contributed by atoms with Crippen LogP contribution in [0.4, 0.5) is 4.39 Å². The third kappa shape index (κ3) is 3.38. The molecule has 0 bridgehead atoms. The minimum atomic E-state index is -0.589. The molecule has 0 unspecified atom stereocenters. The van der Waals surface area contributed by atoms with Crippen LogP contribution in [0.15, 0.2) is 40.9 Å². The van der Waals surface area contributed by atoms with Gasteiger partial charge in [0, 0.05) is 10.9 Å². The lowest BCUT2D eigenvalue weighted by Gasteiger charge is -2.06. The van der Waals surface area contributed by atoms with Crippen molar-refractivity contribution < 1.29 is 13.9 Å². The summed E-state index contributed by atoms with van der Waals surface area (Å²) in [5.41, 5.74) is 0.744. The normalized spacial score (nSPS) is 10.4. The van der Waals surface area contributed by atoms with Gasteiger partial charge < -0.3 is 4.74 Å². The molecule has 0 heterocycles. The first kappa shape index (κ1) is 15.0. The lowest BCUT2D eigenvalue weighted by Crippen LogP contribution is -2.06. The third-order valence-electron chi connectivity index (χ3n) is 2.81. The van der Waals surface area contributed by atoms with Gasteiger partial charge in [-0.05, 0) is 45.8 Å². The molecular formula is C15H11BrClFO2. The van der Waals surface area contributed by atoms with Crippen LogP contribution >= 0.6 is 27.5 Å². The van der Waals surface area contributed by atoms with Gasteiger partial charge in [0.1, 0.15) is 11.6 Å². The zero-order chi connectivity index (χ0) is 14.7. The molecule has 2 aromatic rings. The number of hydrogen-bond acceptors (Lipinski definition) is 2. The quantitative estimate of drug-likeness (QED) is 0.587. The molecule has 0 amide bonds. The molecule has 2 aromatic carbocycles. The molecule has 0 spiro atoms. The summed E-state index contributed by atoms with van der Waals surface area (Å²) in [6, 6.07) is 9.64. The van der Waals surface area contributed by atoms with Crippen LogP contribution in [0.5, 0.6) is 5.75 Å². The number of rotatable bonds is 4. The van der Waals surface area contributed by atoms with Crippen molar-refractivity contribution in [3.8, 4) is 5.75 Å². The number of hydrogen-bond donors (Lipinski definition) is 0. The Morgan fingerprint density at radius 2 is 2.10 bits per heavy atom. The maximum absolute atomic E-state index is 13.8. The van der Waals surface area contributed by atoms with E-state index in [0.29, 0.717) is 15.2 Å². The van der Waals surface area contributed by atoms with Gasteiger partial charge >= 0.3 is 0 Å². The van der Waals surface area contributed by atoms with Crippen molar-refractivity contribution in [2.75, 3.05) is 7.11 Å². The van der Waals surface area contributed by atoms with E-state index < -0.39 is 5.82 Å². The molecule has 0 saturated heterocycles. The molecule has 104 valence electrons. The van der Waals surface area contributed by atoms with Gasteiger partial charge in [-0.3, -0.25) is 4.79 Å². The Morgan fingerprint density at radius 3 is 2.80 bits per heavy atom. The molecule has 20 heavy (non-hydrogen) atoms. The van der Waals surface area contributed by atoms with E-state index in [9.17, 15) is 9.18 Å². The van der Waals surface area contributed by atoms with E-state index in [0.717, 1.165) is 5.56 Å². The number of benzene rings is 2. The summed E-state index contributed by atoms with van der Waals surface area (Å²) < 4.78 is 19.3. The van der Waals surface area contributed by atoms with Crippen LogP contribution in [0.2, 0.25) is 5.02 Å². The standard InChI is InChI=1S/C15H11BrClFO2/c1-20-10-4-2-3-9(5-10)6-15(19)11-7-13(17)12(16)8-14(11)18/h2-5,7-8H,6H2,1H3. The summed E-state index contributed by atoms with van der Waals surface area (Å²) in [7, 11) is 1.55. The van der Waals surface area contributed by atoms with Gasteiger partial charge in [0.25, 0.3) is 0 Å². The number of carbonyl (C=O) groups excluding carboxylic acids is 1. The highest BCUT2D eigenvalue weighted by molar-refractivity contribution is 9.10. The van der Waals surface area contributed by atoms with E-state index in [4.69, 9.17) is 16.3 Å². The smallest absolute Gasteiger partial charge is 0.170 e. The van der Waals surface area contributed by atoms with Crippen molar-refractivity contribution >= 4 is 33.3 Å². The Hall–Kier alpha value is -1.39. The Bertz CT molecular complexity index is 658. The molecule has 0 aliphatic carbocycles. The van der Waals surface area contributed by atoms with Crippen LogP contribution in [0.1, 0.15) is 15.9 Å². The topological polar surface area (TPSA) is 26.3 Å². The fraction of sp³-hybridized carbons (Fsp3) is 0.133. The van der Waals surface area contributed by atoms with Gasteiger partial charge in [0.2, 0.25) is 0 Å². The number of Topliss-reactive ketones (excluding diaryl/α,β-unsaturated/α-hetero) is 1. The average Bonchev–Trinajstić information content (AvgIpc) is 2.43. The largest absolute Gasteiger partial charge is 0.497 e. The minimum Gasteiger partial charge on any atom is -0.497 e. The van der Waals surface area contributed by atoms with Crippen LogP contribution < -0.4 is 4.74 Å². The molecule has 0 atom stereocenters. The van der Waals surface area contributed by atoms with E-state index >= 15 is 0 Å². The van der Waals surface area contributed by atoms with Gasteiger partial charge in [0.15, 0.2) is 5.78 Å². The maximum Gasteiger partial charge on any atom is 0.170 e.